The summed E-state index contributed by atoms with van der Waals surface area (Å²) in [4.78, 5) is 30.1. The van der Waals surface area contributed by atoms with Crippen molar-refractivity contribution in [3.05, 3.63) is 93.9 Å². The van der Waals surface area contributed by atoms with Gasteiger partial charge in [-0.05, 0) is 60.8 Å². The van der Waals surface area contributed by atoms with Crippen molar-refractivity contribution in [2.45, 2.75) is 25.4 Å². The van der Waals surface area contributed by atoms with Crippen LogP contribution in [0.15, 0.2) is 82.0 Å². The molecule has 0 spiro atoms. The molecule has 1 aliphatic rings. The molecular weight excluding hydrogens is 462 g/mol. The maximum Gasteiger partial charge on any atom is 0.420 e. The number of rotatable bonds is 7. The minimum absolute atomic E-state index is 0.110. The summed E-state index contributed by atoms with van der Waals surface area (Å²) in [7, 11) is 1.81. The normalized spacial score (nSPS) is 14.9. The summed E-state index contributed by atoms with van der Waals surface area (Å²) < 4.78 is 6.67. The second kappa shape index (κ2) is 10.1. The molecule has 1 fully saturated rings. The van der Waals surface area contributed by atoms with Gasteiger partial charge in [0.15, 0.2) is 5.58 Å². The van der Waals surface area contributed by atoms with Gasteiger partial charge in [0.25, 0.3) is 0 Å². The first kappa shape index (κ1) is 23.4. The van der Waals surface area contributed by atoms with E-state index in [0.717, 1.165) is 36.3 Å². The van der Waals surface area contributed by atoms with Gasteiger partial charge in [-0.15, -0.1) is 0 Å². The molecule has 7 heteroatoms. The van der Waals surface area contributed by atoms with Crippen molar-refractivity contribution in [3.63, 3.8) is 0 Å². The highest BCUT2D eigenvalue weighted by atomic mass is 35.5. The van der Waals surface area contributed by atoms with E-state index >= 15 is 0 Å². The number of hydrogen-bond acceptors (Lipinski definition) is 4. The third-order valence-electron chi connectivity index (χ3n) is 6.82. The van der Waals surface area contributed by atoms with Crippen LogP contribution in [-0.4, -0.2) is 47.0 Å². The molecule has 180 valence electrons. The van der Waals surface area contributed by atoms with Crippen LogP contribution < -0.4 is 5.76 Å². The predicted octanol–water partition coefficient (Wildman–Crippen LogP) is 5.21. The van der Waals surface area contributed by atoms with Gasteiger partial charge in [-0.3, -0.25) is 9.36 Å². The number of carbonyl (C=O) groups is 1. The van der Waals surface area contributed by atoms with Crippen LogP contribution in [0.25, 0.3) is 22.2 Å². The second-order valence-corrected chi connectivity index (χ2v) is 9.52. The van der Waals surface area contributed by atoms with Crippen LogP contribution in [0.3, 0.4) is 0 Å². The third-order valence-corrected chi connectivity index (χ3v) is 7.05. The number of oxazole rings is 1. The smallest absolute Gasteiger partial charge is 0.408 e. The van der Waals surface area contributed by atoms with Gasteiger partial charge >= 0.3 is 5.76 Å². The number of halogens is 1. The van der Waals surface area contributed by atoms with Gasteiger partial charge in [-0.25, -0.2) is 4.79 Å². The molecule has 1 atom stereocenters. The summed E-state index contributed by atoms with van der Waals surface area (Å²) >= 11 is 6.12. The van der Waals surface area contributed by atoms with Crippen molar-refractivity contribution in [2.75, 3.05) is 26.7 Å². The fourth-order valence-electron chi connectivity index (χ4n) is 4.80. The number of nitrogens with zero attached hydrogens (tertiary/aromatic N) is 3. The average molecular weight is 490 g/mol. The van der Waals surface area contributed by atoms with Crippen LogP contribution in [0.1, 0.15) is 24.4 Å². The van der Waals surface area contributed by atoms with E-state index in [-0.39, 0.29) is 18.5 Å². The van der Waals surface area contributed by atoms with E-state index in [2.05, 4.69) is 41.3 Å². The SMILES string of the molecule is CN(C(=O)Cn1c(=O)oc2ccc(Cl)cc21)[C@@H](CN1CCCC1)c1ccc(-c2ccccc2)cc1. The molecule has 0 unspecified atom stereocenters. The molecule has 0 bridgehead atoms. The number of likely N-dealkylation sites (tertiary alicyclic amines) is 1. The van der Waals surface area contributed by atoms with Gasteiger partial charge in [-0.2, -0.15) is 0 Å². The summed E-state index contributed by atoms with van der Waals surface area (Å²) in [5.41, 5.74) is 4.30. The lowest BCUT2D eigenvalue weighted by Crippen LogP contribution is -2.40. The standard InChI is InChI=1S/C28H28ClN3O3/c1-30(27(33)19-32-24-17-23(29)13-14-26(24)35-28(32)34)25(18-31-15-5-6-16-31)22-11-9-21(10-12-22)20-7-3-2-4-8-20/h2-4,7-14,17,25H,5-6,15-16,18-19H2,1H3/t25-/m0/s1. The number of fused-ring (bicyclic) bond motifs is 1. The quantitative estimate of drug-likeness (QED) is 0.357. The number of hydrogen-bond donors (Lipinski definition) is 0. The third kappa shape index (κ3) is 5.04. The molecule has 1 aliphatic heterocycles. The van der Waals surface area contributed by atoms with E-state index in [1.54, 1.807) is 23.1 Å². The molecule has 0 N–H and O–H groups in total. The Balaban J connectivity index is 1.41. The summed E-state index contributed by atoms with van der Waals surface area (Å²) in [6, 6.07) is 23.5. The first-order chi connectivity index (χ1) is 17.0. The van der Waals surface area contributed by atoms with Gasteiger partial charge in [0.1, 0.15) is 6.54 Å². The molecule has 0 radical (unpaired) electrons. The number of amides is 1. The Kier molecular flexibility index (Phi) is 6.75. The summed E-state index contributed by atoms with van der Waals surface area (Å²) in [5.74, 6) is -0.724. The largest absolute Gasteiger partial charge is 0.420 e. The Morgan fingerprint density at radius 3 is 2.40 bits per heavy atom. The minimum atomic E-state index is -0.563. The first-order valence-electron chi connectivity index (χ1n) is 11.9. The highest BCUT2D eigenvalue weighted by molar-refractivity contribution is 6.31. The van der Waals surface area contributed by atoms with E-state index in [9.17, 15) is 9.59 Å². The van der Waals surface area contributed by atoms with Gasteiger partial charge in [0, 0.05) is 18.6 Å². The Hall–Kier alpha value is -3.35. The van der Waals surface area contributed by atoms with Gasteiger partial charge in [-0.1, -0.05) is 66.2 Å². The Labute approximate surface area is 209 Å². The molecule has 2 heterocycles. The van der Waals surface area contributed by atoms with Crippen molar-refractivity contribution in [1.29, 1.82) is 0 Å². The second-order valence-electron chi connectivity index (χ2n) is 9.08. The van der Waals surface area contributed by atoms with Crippen molar-refractivity contribution < 1.29 is 9.21 Å². The molecule has 0 saturated carbocycles. The lowest BCUT2D eigenvalue weighted by atomic mass is 9.99. The molecule has 6 nitrogen and oxygen atoms in total. The fraction of sp³-hybridized carbons (Fsp3) is 0.286. The molecule has 3 aromatic carbocycles. The predicted molar refractivity (Wildman–Crippen MR) is 139 cm³/mol. The number of carbonyl (C=O) groups excluding carboxylic acids is 1. The van der Waals surface area contributed by atoms with Crippen molar-refractivity contribution >= 4 is 28.6 Å². The van der Waals surface area contributed by atoms with Crippen LogP contribution in [0.2, 0.25) is 5.02 Å². The van der Waals surface area contributed by atoms with Crippen LogP contribution in [0, 0.1) is 0 Å². The van der Waals surface area contributed by atoms with Gasteiger partial charge in [0.05, 0.1) is 11.6 Å². The van der Waals surface area contributed by atoms with Gasteiger partial charge in [0.2, 0.25) is 5.91 Å². The molecule has 35 heavy (non-hydrogen) atoms. The zero-order valence-corrected chi connectivity index (χ0v) is 20.4. The van der Waals surface area contributed by atoms with E-state index < -0.39 is 5.76 Å². The Morgan fingerprint density at radius 1 is 1.00 bits per heavy atom. The zero-order chi connectivity index (χ0) is 24.4. The average Bonchev–Trinajstić information content (AvgIpc) is 3.50. The Morgan fingerprint density at radius 2 is 1.69 bits per heavy atom. The van der Waals surface area contributed by atoms with E-state index in [1.807, 2.05) is 25.2 Å². The maximum atomic E-state index is 13.4. The fourth-order valence-corrected chi connectivity index (χ4v) is 4.96. The number of benzene rings is 3. The molecular formula is C28H28ClN3O3. The van der Waals surface area contributed by atoms with E-state index in [0.29, 0.717) is 16.1 Å². The van der Waals surface area contributed by atoms with Crippen molar-refractivity contribution in [3.8, 4) is 11.1 Å². The van der Waals surface area contributed by atoms with Crippen molar-refractivity contribution in [1.82, 2.24) is 14.4 Å². The monoisotopic (exact) mass is 489 g/mol. The van der Waals surface area contributed by atoms with Crippen LogP contribution in [-0.2, 0) is 11.3 Å². The highest BCUT2D eigenvalue weighted by Gasteiger charge is 2.27. The lowest BCUT2D eigenvalue weighted by Gasteiger charge is -2.32. The highest BCUT2D eigenvalue weighted by Crippen LogP contribution is 2.27. The molecule has 4 aromatic rings. The lowest BCUT2D eigenvalue weighted by molar-refractivity contribution is -0.133. The Bertz CT molecular complexity index is 1370. The minimum Gasteiger partial charge on any atom is -0.408 e. The maximum absolute atomic E-state index is 13.4. The molecule has 0 aliphatic carbocycles. The number of likely N-dealkylation sites (N-methyl/N-ethyl adjacent to an activating group) is 1. The van der Waals surface area contributed by atoms with E-state index in [4.69, 9.17) is 16.0 Å². The van der Waals surface area contributed by atoms with Crippen LogP contribution >= 0.6 is 11.6 Å². The molecule has 1 saturated heterocycles. The van der Waals surface area contributed by atoms with Gasteiger partial charge < -0.3 is 14.2 Å². The molecule has 1 amide bonds. The zero-order valence-electron chi connectivity index (χ0n) is 19.7. The van der Waals surface area contributed by atoms with E-state index in [1.165, 1.54) is 17.4 Å². The summed E-state index contributed by atoms with van der Waals surface area (Å²) in [6.45, 7) is 2.71. The summed E-state index contributed by atoms with van der Waals surface area (Å²) in [6.07, 6.45) is 2.35. The first-order valence-corrected chi connectivity index (χ1v) is 12.3. The van der Waals surface area contributed by atoms with Crippen LogP contribution in [0.4, 0.5) is 0 Å². The molecule has 1 aromatic heterocycles. The number of aromatic nitrogens is 1. The topological polar surface area (TPSA) is 58.7 Å². The van der Waals surface area contributed by atoms with Crippen molar-refractivity contribution in [2.24, 2.45) is 0 Å². The van der Waals surface area contributed by atoms with Crippen LogP contribution in [0.5, 0.6) is 0 Å². The summed E-state index contributed by atoms with van der Waals surface area (Å²) in [5, 5.41) is 0.485. The molecule has 5 rings (SSSR count).